The molecule has 2 heterocycles. The van der Waals surface area contributed by atoms with E-state index in [0.29, 0.717) is 55.6 Å². The molecule has 0 saturated heterocycles. The van der Waals surface area contributed by atoms with E-state index in [1.54, 1.807) is 33.9 Å². The molecule has 2 aromatic rings. The van der Waals surface area contributed by atoms with Gasteiger partial charge < -0.3 is 29.0 Å². The highest BCUT2D eigenvalue weighted by Crippen LogP contribution is 2.28. The predicted octanol–water partition coefficient (Wildman–Crippen LogP) is 1.54. The molecule has 0 fully saturated rings. The van der Waals surface area contributed by atoms with Gasteiger partial charge in [-0.05, 0) is 32.0 Å². The number of carbonyl (C=O) groups excluding carboxylic acids is 2. The minimum Gasteiger partial charge on any atom is -0.491 e. The molecule has 9 heteroatoms. The predicted molar refractivity (Wildman–Crippen MR) is 114 cm³/mol. The lowest BCUT2D eigenvalue weighted by molar-refractivity contribution is 0.0696. The number of nitrogens with one attached hydrogen (secondary N) is 1. The molecule has 1 aliphatic rings. The Morgan fingerprint density at radius 2 is 1.77 bits per heavy atom. The molecule has 0 radical (unpaired) electrons. The lowest BCUT2D eigenvalue weighted by Gasteiger charge is -2.30. The van der Waals surface area contributed by atoms with Crippen molar-refractivity contribution in [2.45, 2.75) is 20.4 Å². The van der Waals surface area contributed by atoms with Gasteiger partial charge in [-0.2, -0.15) is 0 Å². The summed E-state index contributed by atoms with van der Waals surface area (Å²) in [4.78, 5) is 38.9. The molecule has 0 atom stereocenters. The van der Waals surface area contributed by atoms with Gasteiger partial charge in [0.15, 0.2) is 17.2 Å². The first-order valence-corrected chi connectivity index (χ1v) is 10.2. The zero-order valence-corrected chi connectivity index (χ0v) is 18.0. The van der Waals surface area contributed by atoms with Crippen molar-refractivity contribution in [2.75, 3.05) is 40.0 Å². The van der Waals surface area contributed by atoms with Crippen molar-refractivity contribution in [1.82, 2.24) is 14.8 Å². The minimum absolute atomic E-state index is 0.207. The molecule has 0 saturated carbocycles. The van der Waals surface area contributed by atoms with Crippen LogP contribution in [0.1, 0.15) is 34.7 Å². The molecule has 1 aromatic heterocycles. The molecule has 1 N–H and O–H groups in total. The van der Waals surface area contributed by atoms with E-state index in [1.165, 1.54) is 13.2 Å². The average Bonchev–Trinajstić information content (AvgIpc) is 2.76. The van der Waals surface area contributed by atoms with Crippen LogP contribution in [0.15, 0.2) is 35.3 Å². The maximum Gasteiger partial charge on any atom is 0.270 e. The molecule has 31 heavy (non-hydrogen) atoms. The number of hydrogen-bond acceptors (Lipinski definition) is 6. The highest BCUT2D eigenvalue weighted by atomic mass is 16.5. The first-order valence-electron chi connectivity index (χ1n) is 10.2. The molecule has 0 spiro atoms. The van der Waals surface area contributed by atoms with E-state index in [-0.39, 0.29) is 29.5 Å². The van der Waals surface area contributed by atoms with Gasteiger partial charge >= 0.3 is 0 Å². The number of amides is 2. The zero-order chi connectivity index (χ0) is 22.4. The second-order valence-electron chi connectivity index (χ2n) is 6.86. The third kappa shape index (κ3) is 4.99. The number of pyridine rings is 1. The second kappa shape index (κ2) is 10.0. The highest BCUT2D eigenvalue weighted by molar-refractivity contribution is 5.95. The quantitative estimate of drug-likeness (QED) is 0.649. The topological polar surface area (TPSA) is 99.1 Å². The van der Waals surface area contributed by atoms with Gasteiger partial charge in [-0.1, -0.05) is 0 Å². The van der Waals surface area contributed by atoms with Gasteiger partial charge in [0.2, 0.25) is 5.43 Å². The fourth-order valence-electron chi connectivity index (χ4n) is 3.38. The van der Waals surface area contributed by atoms with E-state index in [1.807, 2.05) is 13.8 Å². The number of nitrogens with zero attached hydrogens (tertiary/aromatic N) is 2. The number of methoxy groups -OCH3 is 1. The zero-order valence-electron chi connectivity index (χ0n) is 18.0. The van der Waals surface area contributed by atoms with Crippen molar-refractivity contribution in [3.05, 3.63) is 51.9 Å². The summed E-state index contributed by atoms with van der Waals surface area (Å²) in [5.74, 6) is 0.792. The van der Waals surface area contributed by atoms with Crippen LogP contribution in [0.3, 0.4) is 0 Å². The summed E-state index contributed by atoms with van der Waals surface area (Å²) >= 11 is 0. The van der Waals surface area contributed by atoms with Crippen LogP contribution in [-0.2, 0) is 6.54 Å². The Balaban J connectivity index is 1.61. The van der Waals surface area contributed by atoms with E-state index >= 15 is 0 Å². The standard InChI is InChI=1S/C22H27N3O6/c1-4-30-18-7-6-15(12-19(18)31-5-2)21(27)23-8-9-24-10-11-25-14-20(29-3)17(26)13-16(25)22(24)28/h6-7,12-14H,4-5,8-11H2,1-3H3,(H,23,27). The van der Waals surface area contributed by atoms with E-state index in [2.05, 4.69) is 5.32 Å². The maximum atomic E-state index is 12.7. The Morgan fingerprint density at radius 3 is 2.48 bits per heavy atom. The van der Waals surface area contributed by atoms with Crippen molar-refractivity contribution in [3.63, 3.8) is 0 Å². The van der Waals surface area contributed by atoms with Crippen LogP contribution < -0.4 is 25.0 Å². The molecule has 1 aliphatic heterocycles. The Bertz CT molecular complexity index is 1020. The highest BCUT2D eigenvalue weighted by Gasteiger charge is 2.25. The third-order valence-electron chi connectivity index (χ3n) is 4.90. The molecule has 3 rings (SSSR count). The van der Waals surface area contributed by atoms with E-state index in [9.17, 15) is 14.4 Å². The molecule has 166 valence electrons. The van der Waals surface area contributed by atoms with Gasteiger partial charge in [0, 0.05) is 37.8 Å². The van der Waals surface area contributed by atoms with Crippen LogP contribution in [0, 0.1) is 0 Å². The summed E-state index contributed by atoms with van der Waals surface area (Å²) in [6.07, 6.45) is 1.55. The summed E-state index contributed by atoms with van der Waals surface area (Å²) in [6, 6.07) is 6.32. The molecule has 9 nitrogen and oxygen atoms in total. The van der Waals surface area contributed by atoms with Gasteiger partial charge in [0.1, 0.15) is 5.69 Å². The number of fused-ring (bicyclic) bond motifs is 1. The number of carbonyl (C=O) groups is 2. The van der Waals surface area contributed by atoms with Crippen molar-refractivity contribution in [3.8, 4) is 17.2 Å². The minimum atomic E-state index is -0.335. The lowest BCUT2D eigenvalue weighted by atomic mass is 10.2. The smallest absolute Gasteiger partial charge is 0.270 e. The van der Waals surface area contributed by atoms with E-state index < -0.39 is 0 Å². The van der Waals surface area contributed by atoms with Crippen molar-refractivity contribution >= 4 is 11.8 Å². The summed E-state index contributed by atoms with van der Waals surface area (Å²) in [5.41, 5.74) is 0.426. The third-order valence-corrected chi connectivity index (χ3v) is 4.90. The number of hydrogen-bond donors (Lipinski definition) is 1. The van der Waals surface area contributed by atoms with Crippen LogP contribution in [0.4, 0.5) is 0 Å². The molecule has 0 bridgehead atoms. The van der Waals surface area contributed by atoms with E-state index in [4.69, 9.17) is 14.2 Å². The maximum absolute atomic E-state index is 12.7. The van der Waals surface area contributed by atoms with Gasteiger partial charge in [0.05, 0.1) is 26.5 Å². The Labute approximate surface area is 180 Å². The number of ether oxygens (including phenoxy) is 3. The van der Waals surface area contributed by atoms with Gasteiger partial charge in [0.25, 0.3) is 11.8 Å². The van der Waals surface area contributed by atoms with E-state index in [0.717, 1.165) is 0 Å². The van der Waals surface area contributed by atoms with Crippen molar-refractivity contribution in [2.24, 2.45) is 0 Å². The van der Waals surface area contributed by atoms with Crippen LogP contribution in [0.2, 0.25) is 0 Å². The number of aromatic nitrogens is 1. The molecule has 2 amide bonds. The van der Waals surface area contributed by atoms with Crippen LogP contribution in [-0.4, -0.2) is 61.2 Å². The lowest BCUT2D eigenvalue weighted by Crippen LogP contribution is -2.45. The normalized spacial score (nSPS) is 12.9. The fraction of sp³-hybridized carbons (Fsp3) is 0.409. The molecular weight excluding hydrogens is 402 g/mol. The van der Waals surface area contributed by atoms with Crippen molar-refractivity contribution in [1.29, 1.82) is 0 Å². The Morgan fingerprint density at radius 1 is 1.03 bits per heavy atom. The molecular formula is C22H27N3O6. The second-order valence-corrected chi connectivity index (χ2v) is 6.86. The van der Waals surface area contributed by atoms with Crippen molar-refractivity contribution < 1.29 is 23.8 Å². The largest absolute Gasteiger partial charge is 0.491 e. The Kier molecular flexibility index (Phi) is 7.17. The molecule has 0 aliphatic carbocycles. The van der Waals surface area contributed by atoms with Crippen LogP contribution in [0.5, 0.6) is 17.2 Å². The first kappa shape index (κ1) is 22.2. The average molecular weight is 429 g/mol. The van der Waals surface area contributed by atoms with Gasteiger partial charge in [-0.3, -0.25) is 14.4 Å². The summed E-state index contributed by atoms with van der Waals surface area (Å²) in [5, 5.41) is 2.82. The molecule has 0 unspecified atom stereocenters. The Hall–Kier alpha value is -3.49. The van der Waals surface area contributed by atoms with Gasteiger partial charge in [-0.25, -0.2) is 0 Å². The number of benzene rings is 1. The fourth-order valence-corrected chi connectivity index (χ4v) is 3.38. The number of rotatable bonds is 9. The summed E-state index contributed by atoms with van der Waals surface area (Å²) in [7, 11) is 1.42. The summed E-state index contributed by atoms with van der Waals surface area (Å²) in [6.45, 7) is 6.33. The SMILES string of the molecule is CCOc1ccc(C(=O)NCCN2CCn3cc(OC)c(=O)cc3C2=O)cc1OCC. The summed E-state index contributed by atoms with van der Waals surface area (Å²) < 4.78 is 17.8. The van der Waals surface area contributed by atoms with Crippen LogP contribution in [0.25, 0.3) is 0 Å². The van der Waals surface area contributed by atoms with Gasteiger partial charge in [-0.15, -0.1) is 0 Å². The molecule has 1 aromatic carbocycles. The monoisotopic (exact) mass is 429 g/mol. The first-order chi connectivity index (χ1) is 15.0. The van der Waals surface area contributed by atoms with Crippen LogP contribution >= 0.6 is 0 Å².